The van der Waals surface area contributed by atoms with Gasteiger partial charge in [-0.3, -0.25) is 4.68 Å². The van der Waals surface area contributed by atoms with E-state index >= 15 is 0 Å². The van der Waals surface area contributed by atoms with Gasteiger partial charge in [0.15, 0.2) is 0 Å². The highest BCUT2D eigenvalue weighted by Gasteiger charge is 2.26. The molecule has 18 heavy (non-hydrogen) atoms. The minimum atomic E-state index is -0.0665. The average molecular weight is 244 g/mol. The van der Waals surface area contributed by atoms with E-state index in [4.69, 9.17) is 0 Å². The molecule has 1 N–H and O–H groups in total. The first kappa shape index (κ1) is 12.7. The molecule has 2 rings (SSSR count). The zero-order valence-electron chi connectivity index (χ0n) is 11.7. The van der Waals surface area contributed by atoms with Crippen LogP contribution < -0.4 is 0 Å². The molecule has 1 aromatic heterocycles. The van der Waals surface area contributed by atoms with Gasteiger partial charge in [0.2, 0.25) is 5.88 Å². The fourth-order valence-corrected chi connectivity index (χ4v) is 2.36. The highest BCUT2D eigenvalue weighted by molar-refractivity contribution is 5.72. The topological polar surface area (TPSA) is 38.1 Å². The summed E-state index contributed by atoms with van der Waals surface area (Å²) in [6.07, 6.45) is 0. The fraction of sp³-hybridized carbons (Fsp3) is 0.400. The average Bonchev–Trinajstić information content (AvgIpc) is 2.54. The van der Waals surface area contributed by atoms with Gasteiger partial charge in [-0.05, 0) is 12.5 Å². The second-order valence-electron chi connectivity index (χ2n) is 5.79. The van der Waals surface area contributed by atoms with Crippen molar-refractivity contribution in [2.24, 2.45) is 7.05 Å². The van der Waals surface area contributed by atoms with Crippen molar-refractivity contribution >= 4 is 0 Å². The Labute approximate surface area is 108 Å². The van der Waals surface area contributed by atoms with Crippen molar-refractivity contribution in [2.45, 2.75) is 33.1 Å². The van der Waals surface area contributed by atoms with E-state index in [2.05, 4.69) is 32.8 Å². The molecule has 0 unspecified atom stereocenters. The lowest BCUT2D eigenvalue weighted by Gasteiger charge is -2.21. The van der Waals surface area contributed by atoms with E-state index in [9.17, 15) is 5.11 Å². The number of benzene rings is 1. The van der Waals surface area contributed by atoms with Gasteiger partial charge in [0.05, 0.1) is 11.3 Å². The molecule has 2 aromatic rings. The molecule has 3 nitrogen and oxygen atoms in total. The SMILES string of the molecule is Cc1ccc(-c2c(O)nn(C)c2C(C)(C)C)cc1. The first-order chi connectivity index (χ1) is 8.30. The molecule has 1 aromatic carbocycles. The summed E-state index contributed by atoms with van der Waals surface area (Å²) in [6, 6.07) is 8.16. The molecule has 96 valence electrons. The summed E-state index contributed by atoms with van der Waals surface area (Å²) in [5.74, 6) is 0.103. The molecule has 0 aliphatic heterocycles. The summed E-state index contributed by atoms with van der Waals surface area (Å²) in [5, 5.41) is 14.2. The van der Waals surface area contributed by atoms with E-state index in [1.807, 2.05) is 31.3 Å². The van der Waals surface area contributed by atoms with Crippen LogP contribution >= 0.6 is 0 Å². The van der Waals surface area contributed by atoms with Gasteiger partial charge in [-0.25, -0.2) is 0 Å². The number of hydrogen-bond acceptors (Lipinski definition) is 2. The van der Waals surface area contributed by atoms with Crippen LogP contribution in [0.5, 0.6) is 5.88 Å². The lowest BCUT2D eigenvalue weighted by Crippen LogP contribution is -2.17. The molecule has 0 aliphatic rings. The molecule has 0 amide bonds. The molecular weight excluding hydrogens is 224 g/mol. The minimum absolute atomic E-state index is 0.0665. The van der Waals surface area contributed by atoms with Crippen molar-refractivity contribution in [3.8, 4) is 17.0 Å². The Morgan fingerprint density at radius 3 is 2.17 bits per heavy atom. The van der Waals surface area contributed by atoms with Crippen LogP contribution in [0, 0.1) is 6.92 Å². The fourth-order valence-electron chi connectivity index (χ4n) is 2.36. The third kappa shape index (κ3) is 2.13. The van der Waals surface area contributed by atoms with Crippen molar-refractivity contribution in [1.29, 1.82) is 0 Å². The van der Waals surface area contributed by atoms with Crippen molar-refractivity contribution in [3.05, 3.63) is 35.5 Å². The number of aryl methyl sites for hydroxylation is 2. The van der Waals surface area contributed by atoms with E-state index in [0.29, 0.717) is 0 Å². The van der Waals surface area contributed by atoms with Crippen LogP contribution in [-0.4, -0.2) is 14.9 Å². The van der Waals surface area contributed by atoms with Gasteiger partial charge in [0.25, 0.3) is 0 Å². The third-order valence-corrected chi connectivity index (χ3v) is 3.08. The van der Waals surface area contributed by atoms with Gasteiger partial charge in [0.1, 0.15) is 0 Å². The monoisotopic (exact) mass is 244 g/mol. The Hall–Kier alpha value is -1.77. The molecule has 3 heteroatoms. The normalized spacial score (nSPS) is 11.8. The predicted molar refractivity (Wildman–Crippen MR) is 73.7 cm³/mol. The van der Waals surface area contributed by atoms with Gasteiger partial charge in [0, 0.05) is 12.5 Å². The molecule has 0 bridgehead atoms. The Balaban J connectivity index is 2.67. The van der Waals surface area contributed by atoms with Gasteiger partial charge in [-0.15, -0.1) is 5.10 Å². The predicted octanol–water partition coefficient (Wildman–Crippen LogP) is 3.40. The Bertz CT molecular complexity index is 559. The van der Waals surface area contributed by atoms with Crippen LogP contribution in [0.4, 0.5) is 0 Å². The van der Waals surface area contributed by atoms with Gasteiger partial charge in [-0.2, -0.15) is 0 Å². The Morgan fingerprint density at radius 1 is 1.11 bits per heavy atom. The summed E-state index contributed by atoms with van der Waals surface area (Å²) >= 11 is 0. The number of aromatic nitrogens is 2. The van der Waals surface area contributed by atoms with Crippen LogP contribution in [0.2, 0.25) is 0 Å². The van der Waals surface area contributed by atoms with Crippen LogP contribution in [0.25, 0.3) is 11.1 Å². The van der Waals surface area contributed by atoms with Crippen molar-refractivity contribution in [3.63, 3.8) is 0 Å². The largest absolute Gasteiger partial charge is 0.492 e. The number of aromatic hydroxyl groups is 1. The van der Waals surface area contributed by atoms with Crippen molar-refractivity contribution in [1.82, 2.24) is 9.78 Å². The molecule has 0 fully saturated rings. The third-order valence-electron chi connectivity index (χ3n) is 3.08. The highest BCUT2D eigenvalue weighted by atomic mass is 16.3. The Morgan fingerprint density at radius 2 is 1.67 bits per heavy atom. The summed E-state index contributed by atoms with van der Waals surface area (Å²) in [5.41, 5.74) is 4.03. The zero-order chi connectivity index (χ0) is 13.5. The van der Waals surface area contributed by atoms with E-state index < -0.39 is 0 Å². The van der Waals surface area contributed by atoms with E-state index in [0.717, 1.165) is 16.8 Å². The Kier molecular flexibility index (Phi) is 2.93. The molecule has 0 atom stereocenters. The lowest BCUT2D eigenvalue weighted by atomic mass is 9.87. The van der Waals surface area contributed by atoms with E-state index in [1.165, 1.54) is 5.56 Å². The lowest BCUT2D eigenvalue weighted by molar-refractivity contribution is 0.443. The summed E-state index contributed by atoms with van der Waals surface area (Å²) in [6.45, 7) is 8.43. The van der Waals surface area contributed by atoms with E-state index in [-0.39, 0.29) is 11.3 Å². The highest BCUT2D eigenvalue weighted by Crippen LogP contribution is 2.38. The first-order valence-corrected chi connectivity index (χ1v) is 6.14. The second-order valence-corrected chi connectivity index (χ2v) is 5.79. The second kappa shape index (κ2) is 4.16. The van der Waals surface area contributed by atoms with Crippen molar-refractivity contribution < 1.29 is 5.11 Å². The summed E-state index contributed by atoms with van der Waals surface area (Å²) in [4.78, 5) is 0. The maximum Gasteiger partial charge on any atom is 0.238 e. The smallest absolute Gasteiger partial charge is 0.238 e. The van der Waals surface area contributed by atoms with Gasteiger partial charge < -0.3 is 5.11 Å². The standard InChI is InChI=1S/C15H20N2O/c1-10-6-8-11(9-7-10)12-13(15(2,3)4)17(5)16-14(12)18/h6-9H,1-5H3,(H,16,18). The zero-order valence-corrected chi connectivity index (χ0v) is 11.7. The maximum atomic E-state index is 10.1. The molecule has 1 heterocycles. The van der Waals surface area contributed by atoms with Crippen LogP contribution in [0.3, 0.4) is 0 Å². The van der Waals surface area contributed by atoms with E-state index in [1.54, 1.807) is 4.68 Å². The molecular formula is C15H20N2O. The van der Waals surface area contributed by atoms with Crippen LogP contribution in [0.15, 0.2) is 24.3 Å². The number of hydrogen-bond donors (Lipinski definition) is 1. The van der Waals surface area contributed by atoms with Crippen LogP contribution in [0.1, 0.15) is 32.0 Å². The van der Waals surface area contributed by atoms with Gasteiger partial charge >= 0.3 is 0 Å². The molecule has 0 aliphatic carbocycles. The molecule has 0 spiro atoms. The van der Waals surface area contributed by atoms with Crippen LogP contribution in [-0.2, 0) is 12.5 Å². The first-order valence-electron chi connectivity index (χ1n) is 6.14. The quantitative estimate of drug-likeness (QED) is 0.835. The molecule has 0 saturated heterocycles. The number of rotatable bonds is 1. The maximum absolute atomic E-state index is 10.1. The number of nitrogens with zero attached hydrogens (tertiary/aromatic N) is 2. The minimum Gasteiger partial charge on any atom is -0.492 e. The van der Waals surface area contributed by atoms with Gasteiger partial charge in [-0.1, -0.05) is 50.6 Å². The summed E-state index contributed by atoms with van der Waals surface area (Å²) in [7, 11) is 1.87. The summed E-state index contributed by atoms with van der Waals surface area (Å²) < 4.78 is 1.77. The van der Waals surface area contributed by atoms with Crippen molar-refractivity contribution in [2.75, 3.05) is 0 Å². The molecule has 0 saturated carbocycles. The molecule has 0 radical (unpaired) electrons.